The third kappa shape index (κ3) is 5.37. The standard InChI is InChI=1S/C45H29N5/c1-2-10-31(11-3-1)35-12-8-14-37-43(35)38-15-9-13-36(45(38)50-44(37)33-22-26-46-27-23-33)32-20-18-30(19-21-32)34-28-41(39-16-4-6-24-47-39)49-42(29-34)40-17-5-7-25-48-40/h1-29H. The number of fused-ring (bicyclic) bond motifs is 3. The van der Waals surface area contributed by atoms with Crippen LogP contribution in [-0.2, 0) is 0 Å². The van der Waals surface area contributed by atoms with Crippen molar-refractivity contribution in [3.05, 3.63) is 176 Å². The lowest BCUT2D eigenvalue weighted by atomic mass is 9.91. The second-order valence-electron chi connectivity index (χ2n) is 12.1. The van der Waals surface area contributed by atoms with Crippen LogP contribution in [0, 0.1) is 0 Å². The topological polar surface area (TPSA) is 64.5 Å². The molecule has 0 bridgehead atoms. The Kier molecular flexibility index (Phi) is 7.41. The van der Waals surface area contributed by atoms with Crippen molar-refractivity contribution in [3.8, 4) is 67.4 Å². The predicted molar refractivity (Wildman–Crippen MR) is 203 cm³/mol. The normalized spacial score (nSPS) is 11.2. The third-order valence-electron chi connectivity index (χ3n) is 9.10. The summed E-state index contributed by atoms with van der Waals surface area (Å²) in [4.78, 5) is 23.8. The highest BCUT2D eigenvalue weighted by molar-refractivity contribution is 6.19. The Bertz CT molecular complexity index is 2550. The summed E-state index contributed by atoms with van der Waals surface area (Å²) in [6.45, 7) is 0. The summed E-state index contributed by atoms with van der Waals surface area (Å²) in [7, 11) is 0. The highest BCUT2D eigenvalue weighted by Gasteiger charge is 2.17. The first-order valence-corrected chi connectivity index (χ1v) is 16.6. The first-order chi connectivity index (χ1) is 24.8. The van der Waals surface area contributed by atoms with Gasteiger partial charge in [0.25, 0.3) is 0 Å². The zero-order valence-corrected chi connectivity index (χ0v) is 27.0. The van der Waals surface area contributed by atoms with Crippen LogP contribution in [0.1, 0.15) is 0 Å². The molecule has 0 fully saturated rings. The van der Waals surface area contributed by atoms with Gasteiger partial charge in [-0.15, -0.1) is 0 Å². The fourth-order valence-corrected chi connectivity index (χ4v) is 6.73. The summed E-state index contributed by atoms with van der Waals surface area (Å²) in [5.41, 5.74) is 12.8. The van der Waals surface area contributed by atoms with Gasteiger partial charge in [-0.25, -0.2) is 9.97 Å². The molecule has 5 heteroatoms. The van der Waals surface area contributed by atoms with Gasteiger partial charge in [-0.1, -0.05) is 103 Å². The molecule has 5 nitrogen and oxygen atoms in total. The Morgan fingerprint density at radius 3 is 1.60 bits per heavy atom. The van der Waals surface area contributed by atoms with Crippen molar-refractivity contribution in [2.45, 2.75) is 0 Å². The number of nitrogens with zero attached hydrogens (tertiary/aromatic N) is 5. The van der Waals surface area contributed by atoms with Crippen LogP contribution in [0.2, 0.25) is 0 Å². The van der Waals surface area contributed by atoms with E-state index in [4.69, 9.17) is 9.97 Å². The highest BCUT2D eigenvalue weighted by atomic mass is 14.8. The number of pyridine rings is 5. The average Bonchev–Trinajstić information content (AvgIpc) is 3.21. The minimum Gasteiger partial charge on any atom is -0.265 e. The van der Waals surface area contributed by atoms with Crippen LogP contribution < -0.4 is 0 Å². The summed E-state index contributed by atoms with van der Waals surface area (Å²) in [6.07, 6.45) is 7.25. The number of benzene rings is 4. The summed E-state index contributed by atoms with van der Waals surface area (Å²) >= 11 is 0. The number of para-hydroxylation sites is 1. The van der Waals surface area contributed by atoms with E-state index in [-0.39, 0.29) is 0 Å². The van der Waals surface area contributed by atoms with E-state index < -0.39 is 0 Å². The zero-order chi connectivity index (χ0) is 33.3. The van der Waals surface area contributed by atoms with Crippen LogP contribution in [0.3, 0.4) is 0 Å². The minimum absolute atomic E-state index is 0.802. The highest BCUT2D eigenvalue weighted by Crippen LogP contribution is 2.41. The second kappa shape index (κ2) is 12.6. The van der Waals surface area contributed by atoms with Crippen molar-refractivity contribution in [2.75, 3.05) is 0 Å². The molecule has 9 aromatic rings. The van der Waals surface area contributed by atoms with Crippen molar-refractivity contribution in [1.82, 2.24) is 24.9 Å². The van der Waals surface area contributed by atoms with Crippen molar-refractivity contribution >= 4 is 21.7 Å². The summed E-state index contributed by atoms with van der Waals surface area (Å²) in [6, 6.07) is 52.4. The van der Waals surface area contributed by atoms with E-state index in [9.17, 15) is 0 Å². The van der Waals surface area contributed by atoms with Gasteiger partial charge in [-0.2, -0.15) is 0 Å². The number of hydrogen-bond acceptors (Lipinski definition) is 5. The van der Waals surface area contributed by atoms with E-state index in [1.54, 1.807) is 12.4 Å². The monoisotopic (exact) mass is 639 g/mol. The summed E-state index contributed by atoms with van der Waals surface area (Å²) in [5.74, 6) is 0. The van der Waals surface area contributed by atoms with Crippen molar-refractivity contribution in [1.29, 1.82) is 0 Å². The number of rotatable bonds is 6. The van der Waals surface area contributed by atoms with Gasteiger partial charge in [0.1, 0.15) is 0 Å². The first kappa shape index (κ1) is 29.3. The lowest BCUT2D eigenvalue weighted by Crippen LogP contribution is -1.95. The van der Waals surface area contributed by atoms with Crippen molar-refractivity contribution in [2.24, 2.45) is 0 Å². The Morgan fingerprint density at radius 2 is 0.940 bits per heavy atom. The van der Waals surface area contributed by atoms with E-state index in [1.807, 2.05) is 60.9 Å². The molecule has 0 unspecified atom stereocenters. The van der Waals surface area contributed by atoms with Crippen LogP contribution in [0.15, 0.2) is 176 Å². The van der Waals surface area contributed by atoms with Crippen LogP contribution in [0.25, 0.3) is 89.1 Å². The average molecular weight is 640 g/mol. The molecule has 0 saturated carbocycles. The molecule has 0 radical (unpaired) electrons. The molecule has 0 aliphatic heterocycles. The predicted octanol–water partition coefficient (Wildman–Crippen LogP) is 11.0. The fraction of sp³-hybridized carbons (Fsp3) is 0. The van der Waals surface area contributed by atoms with Crippen LogP contribution >= 0.6 is 0 Å². The SMILES string of the molecule is c1ccc(-c2cccc3c(-c4ccncc4)nc4c(-c5ccc(-c6cc(-c7ccccn7)nc(-c7ccccn7)c6)cc5)cccc4c23)cc1. The Labute approximate surface area is 289 Å². The van der Waals surface area contributed by atoms with Gasteiger partial charge in [0.15, 0.2) is 0 Å². The first-order valence-electron chi connectivity index (χ1n) is 16.6. The fourth-order valence-electron chi connectivity index (χ4n) is 6.73. The third-order valence-corrected chi connectivity index (χ3v) is 9.10. The molecule has 0 saturated heterocycles. The maximum Gasteiger partial charge on any atom is 0.0900 e. The molecule has 0 atom stereocenters. The number of aromatic nitrogens is 5. The Balaban J connectivity index is 1.21. The van der Waals surface area contributed by atoms with E-state index in [2.05, 4.69) is 118 Å². The van der Waals surface area contributed by atoms with Gasteiger partial charge < -0.3 is 0 Å². The van der Waals surface area contributed by atoms with E-state index in [0.29, 0.717) is 0 Å². The Morgan fingerprint density at radius 1 is 0.340 bits per heavy atom. The molecule has 0 spiro atoms. The number of hydrogen-bond donors (Lipinski definition) is 0. The van der Waals surface area contributed by atoms with Crippen LogP contribution in [-0.4, -0.2) is 24.9 Å². The molecule has 0 aliphatic carbocycles. The maximum atomic E-state index is 5.41. The van der Waals surface area contributed by atoms with E-state index in [0.717, 1.165) is 72.6 Å². The molecule has 9 rings (SSSR count). The molecule has 0 amide bonds. The molecule has 50 heavy (non-hydrogen) atoms. The van der Waals surface area contributed by atoms with Crippen molar-refractivity contribution in [3.63, 3.8) is 0 Å². The lowest BCUT2D eigenvalue weighted by Gasteiger charge is -2.16. The van der Waals surface area contributed by atoms with E-state index in [1.165, 1.54) is 16.5 Å². The minimum atomic E-state index is 0.802. The maximum absolute atomic E-state index is 5.41. The molecular weight excluding hydrogens is 611 g/mol. The van der Waals surface area contributed by atoms with Gasteiger partial charge >= 0.3 is 0 Å². The van der Waals surface area contributed by atoms with Gasteiger partial charge in [-0.05, 0) is 76.3 Å². The van der Waals surface area contributed by atoms with Gasteiger partial charge in [0.2, 0.25) is 0 Å². The van der Waals surface area contributed by atoms with Crippen LogP contribution in [0.5, 0.6) is 0 Å². The molecule has 0 N–H and O–H groups in total. The molecule has 234 valence electrons. The molecule has 4 aromatic carbocycles. The molecule has 0 aliphatic rings. The zero-order valence-electron chi connectivity index (χ0n) is 27.0. The van der Waals surface area contributed by atoms with Gasteiger partial charge in [0.05, 0.1) is 34.0 Å². The second-order valence-corrected chi connectivity index (χ2v) is 12.1. The lowest BCUT2D eigenvalue weighted by molar-refractivity contribution is 1.22. The smallest absolute Gasteiger partial charge is 0.0900 e. The van der Waals surface area contributed by atoms with Crippen molar-refractivity contribution < 1.29 is 0 Å². The summed E-state index contributed by atoms with van der Waals surface area (Å²) in [5, 5.41) is 3.42. The van der Waals surface area contributed by atoms with Gasteiger partial charge in [-0.3, -0.25) is 15.0 Å². The van der Waals surface area contributed by atoms with E-state index >= 15 is 0 Å². The largest absolute Gasteiger partial charge is 0.265 e. The van der Waals surface area contributed by atoms with Crippen LogP contribution in [0.4, 0.5) is 0 Å². The molecule has 5 heterocycles. The quantitative estimate of drug-likeness (QED) is 0.169. The molecule has 5 aromatic heterocycles. The molecular formula is C45H29N5. The Hall–Kier alpha value is -6.85. The van der Waals surface area contributed by atoms with Gasteiger partial charge in [0, 0.05) is 52.1 Å². The summed E-state index contributed by atoms with van der Waals surface area (Å²) < 4.78 is 0.